The fourth-order valence-corrected chi connectivity index (χ4v) is 4.42. The van der Waals surface area contributed by atoms with Crippen LogP contribution in [0.15, 0.2) is 0 Å². The van der Waals surface area contributed by atoms with E-state index in [2.05, 4.69) is 31.0 Å². The van der Waals surface area contributed by atoms with Crippen molar-refractivity contribution in [2.75, 3.05) is 10.6 Å². The molecule has 0 aliphatic heterocycles. The van der Waals surface area contributed by atoms with Crippen LogP contribution >= 0.6 is 22.7 Å². The Bertz CT molecular complexity index is 1010. The monoisotopic (exact) mass is 530 g/mol. The van der Waals surface area contributed by atoms with Gasteiger partial charge in [-0.25, -0.2) is 0 Å². The van der Waals surface area contributed by atoms with Gasteiger partial charge in [0.1, 0.15) is 15.6 Å². The van der Waals surface area contributed by atoms with E-state index in [4.69, 9.17) is 15.3 Å². The summed E-state index contributed by atoms with van der Waals surface area (Å²) in [5.41, 5.74) is -1.97. The molecule has 2 amide bonds. The highest BCUT2D eigenvalue weighted by Gasteiger charge is 2.32. The van der Waals surface area contributed by atoms with Gasteiger partial charge in [0, 0.05) is 19.3 Å². The van der Waals surface area contributed by atoms with Crippen LogP contribution in [0.4, 0.5) is 10.3 Å². The summed E-state index contributed by atoms with van der Waals surface area (Å²) in [5, 5.41) is 60.1. The number of nitrogens with zero attached hydrogens (tertiary/aromatic N) is 4. The molecule has 0 aromatic carbocycles. The van der Waals surface area contributed by atoms with Gasteiger partial charge in [0.05, 0.1) is 12.3 Å². The van der Waals surface area contributed by atoms with Crippen molar-refractivity contribution in [2.45, 2.75) is 71.2 Å². The van der Waals surface area contributed by atoms with Gasteiger partial charge in [-0.05, 0) is 25.7 Å². The molecule has 0 fully saturated rings. The molecule has 6 N–H and O–H groups in total. The summed E-state index contributed by atoms with van der Waals surface area (Å²) < 4.78 is 0. The molecule has 0 aliphatic rings. The highest BCUT2D eigenvalue weighted by atomic mass is 32.1. The zero-order chi connectivity index (χ0) is 26.2. The minimum absolute atomic E-state index is 0.0787. The molecule has 0 aliphatic carbocycles. The first kappa shape index (κ1) is 28.6. The predicted octanol–water partition coefficient (Wildman–Crippen LogP) is 1.03. The van der Waals surface area contributed by atoms with Gasteiger partial charge in [-0.1, -0.05) is 36.5 Å². The number of amides is 2. The van der Waals surface area contributed by atoms with Crippen molar-refractivity contribution in [3.8, 4) is 0 Å². The van der Waals surface area contributed by atoms with Gasteiger partial charge in [0.25, 0.3) is 0 Å². The van der Waals surface area contributed by atoms with Crippen molar-refractivity contribution >= 4 is 50.7 Å². The second-order valence-corrected chi connectivity index (χ2v) is 10.6. The van der Waals surface area contributed by atoms with Crippen LogP contribution < -0.4 is 10.6 Å². The van der Waals surface area contributed by atoms with Gasteiger partial charge < -0.3 is 31.1 Å². The molecule has 2 aromatic rings. The van der Waals surface area contributed by atoms with Crippen molar-refractivity contribution < 1.29 is 34.8 Å². The molecule has 0 spiro atoms. The van der Waals surface area contributed by atoms with E-state index in [1.165, 1.54) is 22.7 Å². The van der Waals surface area contributed by atoms with Crippen LogP contribution in [0.1, 0.15) is 56.5 Å². The van der Waals surface area contributed by atoms with Crippen LogP contribution in [-0.2, 0) is 27.2 Å². The zero-order valence-electron chi connectivity index (χ0n) is 19.6. The number of carboxylic acids is 1. The lowest BCUT2D eigenvalue weighted by atomic mass is 9.93. The fraction of sp³-hybridized carbons (Fsp3) is 0.650. The van der Waals surface area contributed by atoms with Gasteiger partial charge in [0.15, 0.2) is 6.29 Å². The maximum Gasteiger partial charge on any atom is 0.306 e. The highest BCUT2D eigenvalue weighted by Crippen LogP contribution is 2.22. The Morgan fingerprint density at radius 1 is 0.914 bits per heavy atom. The zero-order valence-corrected chi connectivity index (χ0v) is 21.2. The largest absolute Gasteiger partial charge is 0.481 e. The second kappa shape index (κ2) is 12.9. The average Bonchev–Trinajstić information content (AvgIpc) is 3.39. The van der Waals surface area contributed by atoms with Crippen molar-refractivity contribution in [1.29, 1.82) is 0 Å². The number of carbonyl (C=O) groups excluding carboxylic acids is 2. The number of nitrogens with one attached hydrogen (secondary N) is 2. The molecule has 2 unspecified atom stereocenters. The van der Waals surface area contributed by atoms with Gasteiger partial charge >= 0.3 is 5.97 Å². The Morgan fingerprint density at radius 3 is 1.86 bits per heavy atom. The molecule has 2 aromatic heterocycles. The number of carbonyl (C=O) groups is 3. The van der Waals surface area contributed by atoms with Crippen LogP contribution in [0, 0.1) is 11.8 Å². The molecule has 3 atom stereocenters. The Hall–Kier alpha value is -2.59. The van der Waals surface area contributed by atoms with Gasteiger partial charge in [0.2, 0.25) is 22.1 Å². The van der Waals surface area contributed by atoms with Gasteiger partial charge in [-0.2, -0.15) is 0 Å². The van der Waals surface area contributed by atoms with E-state index < -0.39 is 36.1 Å². The summed E-state index contributed by atoms with van der Waals surface area (Å²) in [6, 6.07) is 0. The fourth-order valence-electron chi connectivity index (χ4n) is 2.83. The maximum atomic E-state index is 12.1. The van der Waals surface area contributed by atoms with Crippen LogP contribution in [0.3, 0.4) is 0 Å². The normalized spacial score (nSPS) is 14.8. The van der Waals surface area contributed by atoms with Crippen LogP contribution in [-0.4, -0.2) is 70.5 Å². The molecular formula is C20H30N6O7S2. The van der Waals surface area contributed by atoms with Crippen molar-refractivity contribution in [1.82, 2.24) is 20.4 Å². The summed E-state index contributed by atoms with van der Waals surface area (Å²) in [5.74, 6) is -2.79. The molecule has 0 radical (unpaired) electrons. The molecule has 0 bridgehead atoms. The molecule has 15 heteroatoms. The molecule has 13 nitrogen and oxygen atoms in total. The van der Waals surface area contributed by atoms with E-state index in [9.17, 15) is 19.5 Å². The lowest BCUT2D eigenvalue weighted by Crippen LogP contribution is -2.42. The number of anilines is 2. The van der Waals surface area contributed by atoms with Gasteiger partial charge in [-0.3, -0.25) is 14.4 Å². The van der Waals surface area contributed by atoms with Crippen molar-refractivity contribution in [3.63, 3.8) is 0 Å². The third-order valence-electron chi connectivity index (χ3n) is 5.28. The number of rotatable bonds is 14. The molecule has 0 saturated carbocycles. The number of hydrogen-bond donors (Lipinski definition) is 6. The number of aryl methyl sites for hydroxylation is 2. The van der Waals surface area contributed by atoms with E-state index in [0.29, 0.717) is 23.0 Å². The third kappa shape index (κ3) is 9.52. The Kier molecular flexibility index (Phi) is 10.6. The maximum absolute atomic E-state index is 12.1. The summed E-state index contributed by atoms with van der Waals surface area (Å²) in [4.78, 5) is 35.0. The number of aliphatic carboxylic acids is 1. The van der Waals surface area contributed by atoms with E-state index in [1.54, 1.807) is 13.8 Å². The number of hydrogen-bond acceptors (Lipinski definition) is 12. The third-order valence-corrected chi connectivity index (χ3v) is 7.08. The number of aliphatic hydroxyl groups is 3. The quantitative estimate of drug-likeness (QED) is 0.150. The SMILES string of the molecule is CC(CC(=O)Nc1nnc(CCCCc2nnc(NC(=O)C[C@](C)(O)C(O)O)s2)s1)C(C)C(=O)O. The molecule has 0 saturated heterocycles. The highest BCUT2D eigenvalue weighted by molar-refractivity contribution is 7.15. The predicted molar refractivity (Wildman–Crippen MR) is 128 cm³/mol. The number of aromatic nitrogens is 4. The first-order valence-corrected chi connectivity index (χ1v) is 12.6. The van der Waals surface area contributed by atoms with Crippen molar-refractivity contribution in [3.05, 3.63) is 10.0 Å². The van der Waals surface area contributed by atoms with Gasteiger partial charge in [-0.15, -0.1) is 20.4 Å². The Labute approximate surface area is 209 Å². The second-order valence-electron chi connectivity index (χ2n) is 8.52. The lowest BCUT2D eigenvalue weighted by Gasteiger charge is -2.23. The first-order chi connectivity index (χ1) is 16.4. The summed E-state index contributed by atoms with van der Waals surface area (Å²) >= 11 is 2.46. The van der Waals surface area contributed by atoms with Crippen LogP contribution in [0.25, 0.3) is 0 Å². The average molecular weight is 531 g/mol. The van der Waals surface area contributed by atoms with E-state index >= 15 is 0 Å². The van der Waals surface area contributed by atoms with Crippen LogP contribution in [0.2, 0.25) is 0 Å². The Morgan fingerprint density at radius 2 is 1.40 bits per heavy atom. The minimum Gasteiger partial charge on any atom is -0.481 e. The first-order valence-electron chi connectivity index (χ1n) is 10.9. The molecule has 2 rings (SSSR count). The molecule has 194 valence electrons. The smallest absolute Gasteiger partial charge is 0.306 e. The molecular weight excluding hydrogens is 500 g/mol. The molecule has 2 heterocycles. The number of carboxylic acid groups (broad SMARTS) is 1. The standard InChI is InChI=1S/C20H30N6O7S2/c1-10(11(2)16(29)30)8-12(27)21-18-25-23-14(34-18)6-4-5-7-15-24-26-19(35-15)22-13(28)9-20(3,33)17(31)32/h10-11,17,31-33H,4-9H2,1-3H3,(H,29,30)(H,21,25,27)(H,22,26,28)/t10?,11?,20-/m0/s1. The topological polar surface area (TPSA) is 208 Å². The minimum atomic E-state index is -2.05. The summed E-state index contributed by atoms with van der Waals surface area (Å²) in [7, 11) is 0. The van der Waals surface area contributed by atoms with E-state index in [0.717, 1.165) is 24.8 Å². The number of aliphatic hydroxyl groups excluding tert-OH is 1. The van der Waals surface area contributed by atoms with Crippen molar-refractivity contribution in [2.24, 2.45) is 11.8 Å². The van der Waals surface area contributed by atoms with E-state index in [-0.39, 0.29) is 23.4 Å². The number of unbranched alkanes of at least 4 members (excludes halogenated alkanes) is 1. The van der Waals surface area contributed by atoms with Crippen LogP contribution in [0.5, 0.6) is 0 Å². The molecule has 35 heavy (non-hydrogen) atoms. The lowest BCUT2D eigenvalue weighted by molar-refractivity contribution is -0.179. The summed E-state index contributed by atoms with van der Waals surface area (Å²) in [6.07, 6.45) is 0.368. The Balaban J connectivity index is 1.71. The summed E-state index contributed by atoms with van der Waals surface area (Å²) in [6.45, 7) is 4.42. The van der Waals surface area contributed by atoms with E-state index in [1.807, 2.05) is 0 Å².